The van der Waals surface area contributed by atoms with E-state index in [0.29, 0.717) is 12.1 Å². The Hall–Kier alpha value is -0.0800. The molecular formula is C16H33NO. The molecule has 0 amide bonds. The number of hydrogen-bond acceptors (Lipinski definition) is 2. The molecule has 0 bridgehead atoms. The fourth-order valence-corrected chi connectivity index (χ4v) is 3.08. The molecule has 0 radical (unpaired) electrons. The second-order valence-corrected chi connectivity index (χ2v) is 5.78. The minimum atomic E-state index is 0.526. The summed E-state index contributed by atoms with van der Waals surface area (Å²) in [4.78, 5) is 0. The summed E-state index contributed by atoms with van der Waals surface area (Å²) >= 11 is 0. The van der Waals surface area contributed by atoms with E-state index >= 15 is 0 Å². The largest absolute Gasteiger partial charge is 0.378 e. The van der Waals surface area contributed by atoms with Crippen LogP contribution in [-0.2, 0) is 4.74 Å². The van der Waals surface area contributed by atoms with E-state index in [4.69, 9.17) is 4.74 Å². The SMILES string of the molecule is CCCCC(CC)CC(CC1CCCO1)NCC. The predicted octanol–water partition coefficient (Wildman–Crippen LogP) is 4.14. The minimum Gasteiger partial charge on any atom is -0.378 e. The molecule has 1 rings (SSSR count). The summed E-state index contributed by atoms with van der Waals surface area (Å²) in [5.74, 6) is 0.899. The van der Waals surface area contributed by atoms with Crippen molar-refractivity contribution in [1.29, 1.82) is 0 Å². The average Bonchev–Trinajstić information content (AvgIpc) is 2.87. The maximum atomic E-state index is 5.79. The number of hydrogen-bond donors (Lipinski definition) is 1. The van der Waals surface area contributed by atoms with E-state index in [1.165, 1.54) is 51.4 Å². The Labute approximate surface area is 114 Å². The fraction of sp³-hybridized carbons (Fsp3) is 1.00. The number of rotatable bonds is 10. The Morgan fingerprint density at radius 2 is 2.11 bits per heavy atom. The molecular weight excluding hydrogens is 222 g/mol. The van der Waals surface area contributed by atoms with Gasteiger partial charge in [-0.2, -0.15) is 0 Å². The van der Waals surface area contributed by atoms with Gasteiger partial charge in [-0.3, -0.25) is 0 Å². The van der Waals surface area contributed by atoms with Crippen molar-refractivity contribution < 1.29 is 4.74 Å². The Morgan fingerprint density at radius 1 is 1.28 bits per heavy atom. The molecule has 0 aromatic heterocycles. The van der Waals surface area contributed by atoms with Crippen LogP contribution in [0.2, 0.25) is 0 Å². The van der Waals surface area contributed by atoms with Gasteiger partial charge in [-0.05, 0) is 38.1 Å². The van der Waals surface area contributed by atoms with E-state index in [1.54, 1.807) is 0 Å². The Balaban J connectivity index is 2.33. The molecule has 108 valence electrons. The number of nitrogens with one attached hydrogen (secondary N) is 1. The second-order valence-electron chi connectivity index (χ2n) is 5.78. The molecule has 0 saturated carbocycles. The van der Waals surface area contributed by atoms with E-state index < -0.39 is 0 Å². The molecule has 1 fully saturated rings. The molecule has 1 heterocycles. The van der Waals surface area contributed by atoms with Crippen molar-refractivity contribution in [3.05, 3.63) is 0 Å². The van der Waals surface area contributed by atoms with Crippen LogP contribution < -0.4 is 5.32 Å². The quantitative estimate of drug-likeness (QED) is 0.633. The lowest BCUT2D eigenvalue weighted by Crippen LogP contribution is -2.34. The van der Waals surface area contributed by atoms with Gasteiger partial charge in [0, 0.05) is 12.6 Å². The molecule has 1 aliphatic rings. The van der Waals surface area contributed by atoms with Gasteiger partial charge in [0.1, 0.15) is 0 Å². The first-order valence-corrected chi connectivity index (χ1v) is 8.15. The molecule has 2 nitrogen and oxygen atoms in total. The molecule has 1 aliphatic heterocycles. The monoisotopic (exact) mass is 255 g/mol. The highest BCUT2D eigenvalue weighted by atomic mass is 16.5. The van der Waals surface area contributed by atoms with Crippen molar-refractivity contribution >= 4 is 0 Å². The highest BCUT2D eigenvalue weighted by molar-refractivity contribution is 4.77. The second kappa shape index (κ2) is 9.80. The first kappa shape index (κ1) is 16.0. The average molecular weight is 255 g/mol. The highest BCUT2D eigenvalue weighted by Gasteiger charge is 2.22. The normalized spacial score (nSPS) is 23.2. The predicted molar refractivity (Wildman–Crippen MR) is 79.0 cm³/mol. The summed E-state index contributed by atoms with van der Waals surface area (Å²) in [6.45, 7) is 8.92. The van der Waals surface area contributed by atoms with Crippen LogP contribution in [0.4, 0.5) is 0 Å². The van der Waals surface area contributed by atoms with E-state index in [-0.39, 0.29) is 0 Å². The smallest absolute Gasteiger partial charge is 0.0590 e. The summed E-state index contributed by atoms with van der Waals surface area (Å²) in [6, 6.07) is 0.667. The molecule has 0 aliphatic carbocycles. The van der Waals surface area contributed by atoms with Crippen molar-refractivity contribution in [2.75, 3.05) is 13.2 Å². The van der Waals surface area contributed by atoms with Crippen molar-refractivity contribution in [1.82, 2.24) is 5.32 Å². The van der Waals surface area contributed by atoms with Crippen LogP contribution in [0.5, 0.6) is 0 Å². The lowest BCUT2D eigenvalue weighted by Gasteiger charge is -2.25. The van der Waals surface area contributed by atoms with E-state index in [2.05, 4.69) is 26.1 Å². The minimum absolute atomic E-state index is 0.526. The summed E-state index contributed by atoms with van der Waals surface area (Å²) in [5, 5.41) is 3.67. The highest BCUT2D eigenvalue weighted by Crippen LogP contribution is 2.23. The van der Waals surface area contributed by atoms with Crippen LogP contribution in [-0.4, -0.2) is 25.3 Å². The third-order valence-electron chi connectivity index (χ3n) is 4.23. The van der Waals surface area contributed by atoms with Crippen molar-refractivity contribution in [2.45, 2.75) is 84.3 Å². The molecule has 2 heteroatoms. The third kappa shape index (κ3) is 6.19. The van der Waals surface area contributed by atoms with Gasteiger partial charge in [0.05, 0.1) is 6.10 Å². The summed E-state index contributed by atoms with van der Waals surface area (Å²) < 4.78 is 5.79. The van der Waals surface area contributed by atoms with Gasteiger partial charge in [-0.1, -0.05) is 46.5 Å². The third-order valence-corrected chi connectivity index (χ3v) is 4.23. The Bertz CT molecular complexity index is 190. The van der Waals surface area contributed by atoms with Gasteiger partial charge < -0.3 is 10.1 Å². The lowest BCUT2D eigenvalue weighted by molar-refractivity contribution is 0.0912. The van der Waals surface area contributed by atoms with Crippen LogP contribution in [0.1, 0.15) is 72.1 Å². The Morgan fingerprint density at radius 3 is 2.67 bits per heavy atom. The first-order chi connectivity index (χ1) is 8.80. The van der Waals surface area contributed by atoms with Crippen LogP contribution in [0.3, 0.4) is 0 Å². The van der Waals surface area contributed by atoms with Gasteiger partial charge in [0.2, 0.25) is 0 Å². The molecule has 3 unspecified atom stereocenters. The molecule has 0 aromatic rings. The molecule has 1 N–H and O–H groups in total. The van der Waals surface area contributed by atoms with Crippen LogP contribution in [0.15, 0.2) is 0 Å². The van der Waals surface area contributed by atoms with E-state index in [0.717, 1.165) is 19.1 Å². The summed E-state index contributed by atoms with van der Waals surface area (Å²) in [6.07, 6.45) is 11.1. The van der Waals surface area contributed by atoms with Crippen molar-refractivity contribution in [2.24, 2.45) is 5.92 Å². The van der Waals surface area contributed by atoms with Gasteiger partial charge >= 0.3 is 0 Å². The topological polar surface area (TPSA) is 21.3 Å². The summed E-state index contributed by atoms with van der Waals surface area (Å²) in [7, 11) is 0. The first-order valence-electron chi connectivity index (χ1n) is 8.15. The maximum absolute atomic E-state index is 5.79. The zero-order valence-electron chi connectivity index (χ0n) is 12.7. The zero-order valence-corrected chi connectivity index (χ0v) is 12.7. The molecule has 3 atom stereocenters. The van der Waals surface area contributed by atoms with E-state index in [9.17, 15) is 0 Å². The molecule has 0 spiro atoms. The van der Waals surface area contributed by atoms with Crippen LogP contribution >= 0.6 is 0 Å². The maximum Gasteiger partial charge on any atom is 0.0590 e. The standard InChI is InChI=1S/C16H33NO/c1-4-7-9-14(5-2)12-15(17-6-3)13-16-10-8-11-18-16/h14-17H,4-13H2,1-3H3. The van der Waals surface area contributed by atoms with Gasteiger partial charge in [0.25, 0.3) is 0 Å². The number of unbranched alkanes of at least 4 members (excludes halogenated alkanes) is 1. The molecule has 1 saturated heterocycles. The van der Waals surface area contributed by atoms with Crippen molar-refractivity contribution in [3.8, 4) is 0 Å². The lowest BCUT2D eigenvalue weighted by atomic mass is 9.89. The molecule has 18 heavy (non-hydrogen) atoms. The van der Waals surface area contributed by atoms with Gasteiger partial charge in [-0.15, -0.1) is 0 Å². The zero-order chi connectivity index (χ0) is 13.2. The van der Waals surface area contributed by atoms with Crippen molar-refractivity contribution in [3.63, 3.8) is 0 Å². The fourth-order valence-electron chi connectivity index (χ4n) is 3.08. The molecule has 0 aromatic carbocycles. The van der Waals surface area contributed by atoms with Crippen LogP contribution in [0.25, 0.3) is 0 Å². The van der Waals surface area contributed by atoms with Gasteiger partial charge in [-0.25, -0.2) is 0 Å². The van der Waals surface area contributed by atoms with Crippen LogP contribution in [0, 0.1) is 5.92 Å². The number of ether oxygens (including phenoxy) is 1. The summed E-state index contributed by atoms with van der Waals surface area (Å²) in [5.41, 5.74) is 0. The van der Waals surface area contributed by atoms with Gasteiger partial charge in [0.15, 0.2) is 0 Å². The van der Waals surface area contributed by atoms with E-state index in [1.807, 2.05) is 0 Å². The Kier molecular flexibility index (Phi) is 8.70.